The molecule has 1 fully saturated rings. The Balaban J connectivity index is 1.59. The number of nitrogens with zero attached hydrogens (tertiary/aromatic N) is 4. The van der Waals surface area contributed by atoms with Crippen LogP contribution in [0.25, 0.3) is 0 Å². The van der Waals surface area contributed by atoms with Crippen molar-refractivity contribution >= 4 is 29.1 Å². The average molecular weight is 374 g/mol. The van der Waals surface area contributed by atoms with Gasteiger partial charge in [-0.3, -0.25) is 4.79 Å². The number of anilines is 2. The third-order valence-electron chi connectivity index (χ3n) is 4.43. The molecule has 2 heterocycles. The molecular weight excluding hydrogens is 350 g/mol. The normalized spacial score (nSPS) is 14.4. The lowest BCUT2D eigenvalue weighted by Gasteiger charge is -2.36. The number of hydrogen-bond donors (Lipinski definition) is 1. The first kappa shape index (κ1) is 18.5. The van der Waals surface area contributed by atoms with Crippen molar-refractivity contribution in [3.05, 3.63) is 47.2 Å². The Morgan fingerprint density at radius 2 is 2.04 bits per heavy atom. The van der Waals surface area contributed by atoms with E-state index in [1.807, 2.05) is 29.2 Å². The van der Waals surface area contributed by atoms with Gasteiger partial charge < -0.3 is 15.1 Å². The lowest BCUT2D eigenvalue weighted by atomic mass is 10.2. The van der Waals surface area contributed by atoms with Crippen molar-refractivity contribution in [2.45, 2.75) is 19.8 Å². The van der Waals surface area contributed by atoms with Gasteiger partial charge in [-0.2, -0.15) is 0 Å². The molecule has 6 nitrogen and oxygen atoms in total. The van der Waals surface area contributed by atoms with Gasteiger partial charge in [0, 0.05) is 49.6 Å². The Labute approximate surface area is 159 Å². The molecule has 1 aliphatic heterocycles. The lowest BCUT2D eigenvalue weighted by molar-refractivity contribution is 0.0741. The van der Waals surface area contributed by atoms with Crippen LogP contribution in [0, 0.1) is 0 Å². The molecule has 0 bridgehead atoms. The highest BCUT2D eigenvalue weighted by Crippen LogP contribution is 2.21. The van der Waals surface area contributed by atoms with Crippen LogP contribution in [0.2, 0.25) is 5.02 Å². The van der Waals surface area contributed by atoms with Gasteiger partial charge in [0.15, 0.2) is 0 Å². The molecule has 1 aromatic carbocycles. The fraction of sp³-hybridized carbons (Fsp3) is 0.421. The SMILES string of the molecule is CCCCNc1nccc(C(=O)N2CCN(c3cccc(Cl)c3)CC2)n1. The molecule has 26 heavy (non-hydrogen) atoms. The Bertz CT molecular complexity index is 746. The Kier molecular flexibility index (Phi) is 6.28. The monoisotopic (exact) mass is 373 g/mol. The zero-order chi connectivity index (χ0) is 18.4. The molecule has 0 saturated carbocycles. The largest absolute Gasteiger partial charge is 0.368 e. The Morgan fingerprint density at radius 1 is 1.23 bits per heavy atom. The van der Waals surface area contributed by atoms with E-state index in [-0.39, 0.29) is 5.91 Å². The second-order valence-electron chi connectivity index (χ2n) is 6.30. The summed E-state index contributed by atoms with van der Waals surface area (Å²) in [4.78, 5) is 25.4. The molecule has 0 spiro atoms. The number of carbonyl (C=O) groups is 1. The molecular formula is C19H24ClN5O. The van der Waals surface area contributed by atoms with E-state index < -0.39 is 0 Å². The molecule has 0 unspecified atom stereocenters. The van der Waals surface area contributed by atoms with Crippen molar-refractivity contribution in [2.24, 2.45) is 0 Å². The van der Waals surface area contributed by atoms with Gasteiger partial charge in [-0.15, -0.1) is 0 Å². The van der Waals surface area contributed by atoms with E-state index in [2.05, 4.69) is 27.1 Å². The van der Waals surface area contributed by atoms with E-state index in [1.54, 1.807) is 12.3 Å². The van der Waals surface area contributed by atoms with Gasteiger partial charge in [0.25, 0.3) is 5.91 Å². The number of rotatable bonds is 6. The Hall–Kier alpha value is -2.34. The van der Waals surface area contributed by atoms with Gasteiger partial charge in [0.2, 0.25) is 5.95 Å². The van der Waals surface area contributed by atoms with Crippen LogP contribution in [0.15, 0.2) is 36.5 Å². The molecule has 2 aromatic rings. The molecule has 1 aliphatic rings. The summed E-state index contributed by atoms with van der Waals surface area (Å²) in [5.74, 6) is 0.471. The first-order valence-electron chi connectivity index (χ1n) is 9.04. The van der Waals surface area contributed by atoms with Crippen molar-refractivity contribution in [1.29, 1.82) is 0 Å². The third-order valence-corrected chi connectivity index (χ3v) is 4.66. The van der Waals surface area contributed by atoms with Gasteiger partial charge in [0.05, 0.1) is 0 Å². The second kappa shape index (κ2) is 8.85. The van der Waals surface area contributed by atoms with Crippen LogP contribution in [0.3, 0.4) is 0 Å². The predicted octanol–water partition coefficient (Wildman–Crippen LogP) is 3.30. The smallest absolute Gasteiger partial charge is 0.272 e. The summed E-state index contributed by atoms with van der Waals surface area (Å²) < 4.78 is 0. The molecule has 1 amide bonds. The number of hydrogen-bond acceptors (Lipinski definition) is 5. The molecule has 138 valence electrons. The molecule has 1 saturated heterocycles. The van der Waals surface area contributed by atoms with Crippen molar-refractivity contribution in [2.75, 3.05) is 42.9 Å². The number of nitrogens with one attached hydrogen (secondary N) is 1. The second-order valence-corrected chi connectivity index (χ2v) is 6.74. The molecule has 3 rings (SSSR count). The Morgan fingerprint density at radius 3 is 2.77 bits per heavy atom. The summed E-state index contributed by atoms with van der Waals surface area (Å²) >= 11 is 6.07. The highest BCUT2D eigenvalue weighted by Gasteiger charge is 2.23. The fourth-order valence-electron chi connectivity index (χ4n) is 2.94. The summed E-state index contributed by atoms with van der Waals surface area (Å²) in [5.41, 5.74) is 1.53. The van der Waals surface area contributed by atoms with Crippen LogP contribution < -0.4 is 10.2 Å². The maximum atomic E-state index is 12.7. The number of piperazine rings is 1. The lowest BCUT2D eigenvalue weighted by Crippen LogP contribution is -2.49. The molecule has 0 radical (unpaired) electrons. The van der Waals surface area contributed by atoms with Crippen LogP contribution >= 0.6 is 11.6 Å². The van der Waals surface area contributed by atoms with E-state index in [9.17, 15) is 4.79 Å². The van der Waals surface area contributed by atoms with Crippen LogP contribution in [-0.4, -0.2) is 53.5 Å². The molecule has 7 heteroatoms. The maximum Gasteiger partial charge on any atom is 0.272 e. The van der Waals surface area contributed by atoms with Crippen molar-refractivity contribution in [1.82, 2.24) is 14.9 Å². The number of halogens is 1. The predicted molar refractivity (Wildman–Crippen MR) is 105 cm³/mol. The van der Waals surface area contributed by atoms with Crippen LogP contribution in [0.1, 0.15) is 30.3 Å². The standard InChI is InChI=1S/C19H24ClN5O/c1-2-3-8-21-19-22-9-7-17(23-19)18(26)25-12-10-24(11-13-25)16-6-4-5-15(20)14-16/h4-7,9,14H,2-3,8,10-13H2,1H3,(H,21,22,23). The van der Waals surface area contributed by atoms with E-state index >= 15 is 0 Å². The summed E-state index contributed by atoms with van der Waals surface area (Å²) in [6.07, 6.45) is 3.78. The van der Waals surface area contributed by atoms with Gasteiger partial charge in [-0.1, -0.05) is 31.0 Å². The zero-order valence-electron chi connectivity index (χ0n) is 15.0. The summed E-state index contributed by atoms with van der Waals surface area (Å²) in [6.45, 7) is 5.82. The highest BCUT2D eigenvalue weighted by molar-refractivity contribution is 6.30. The van der Waals surface area contributed by atoms with Gasteiger partial charge >= 0.3 is 0 Å². The van der Waals surface area contributed by atoms with Crippen LogP contribution in [0.5, 0.6) is 0 Å². The minimum absolute atomic E-state index is 0.0447. The quantitative estimate of drug-likeness (QED) is 0.787. The maximum absolute atomic E-state index is 12.7. The van der Waals surface area contributed by atoms with Crippen LogP contribution in [0.4, 0.5) is 11.6 Å². The first-order chi connectivity index (χ1) is 12.7. The zero-order valence-corrected chi connectivity index (χ0v) is 15.7. The minimum atomic E-state index is -0.0447. The number of carbonyl (C=O) groups excluding carboxylic acids is 1. The number of aromatic nitrogens is 2. The van der Waals surface area contributed by atoms with E-state index in [0.717, 1.165) is 43.2 Å². The van der Waals surface area contributed by atoms with E-state index in [0.29, 0.717) is 24.7 Å². The van der Waals surface area contributed by atoms with Gasteiger partial charge in [-0.25, -0.2) is 9.97 Å². The minimum Gasteiger partial charge on any atom is -0.368 e. The number of amides is 1. The molecule has 0 atom stereocenters. The van der Waals surface area contributed by atoms with Crippen molar-refractivity contribution in [3.8, 4) is 0 Å². The van der Waals surface area contributed by atoms with Crippen molar-refractivity contribution < 1.29 is 4.79 Å². The number of benzene rings is 1. The molecule has 0 aliphatic carbocycles. The average Bonchev–Trinajstić information content (AvgIpc) is 2.68. The van der Waals surface area contributed by atoms with Crippen LogP contribution in [-0.2, 0) is 0 Å². The van der Waals surface area contributed by atoms with Crippen molar-refractivity contribution in [3.63, 3.8) is 0 Å². The highest BCUT2D eigenvalue weighted by atomic mass is 35.5. The van der Waals surface area contributed by atoms with Gasteiger partial charge in [0.1, 0.15) is 5.69 Å². The summed E-state index contributed by atoms with van der Waals surface area (Å²) in [7, 11) is 0. The molecule has 1 aromatic heterocycles. The third kappa shape index (κ3) is 4.64. The van der Waals surface area contributed by atoms with Gasteiger partial charge in [-0.05, 0) is 30.7 Å². The van der Waals surface area contributed by atoms with E-state index in [1.165, 1.54) is 0 Å². The molecule has 1 N–H and O–H groups in total. The van der Waals surface area contributed by atoms with E-state index in [4.69, 9.17) is 11.6 Å². The fourth-order valence-corrected chi connectivity index (χ4v) is 3.13. The summed E-state index contributed by atoms with van der Waals surface area (Å²) in [6, 6.07) is 9.49. The first-order valence-corrected chi connectivity index (χ1v) is 9.42. The topological polar surface area (TPSA) is 61.4 Å². The number of unbranched alkanes of at least 4 members (excludes halogenated alkanes) is 1. The summed E-state index contributed by atoms with van der Waals surface area (Å²) in [5, 5.41) is 3.89.